The van der Waals surface area contributed by atoms with Crippen molar-refractivity contribution < 1.29 is 14.6 Å². The van der Waals surface area contributed by atoms with Gasteiger partial charge in [-0.3, -0.25) is 4.79 Å². The maximum atomic E-state index is 12.3. The van der Waals surface area contributed by atoms with Crippen molar-refractivity contribution in [2.45, 2.75) is 19.0 Å². The molecule has 116 valence electrons. The first-order valence-corrected chi connectivity index (χ1v) is 7.41. The fraction of sp³-hybridized carbons (Fsp3) is 0.333. The number of aliphatic hydroxyl groups is 1. The molecule has 0 saturated heterocycles. The molecule has 6 nitrogen and oxygen atoms in total. The number of nitrogens with zero attached hydrogens (tertiary/aromatic N) is 2. The van der Waals surface area contributed by atoms with E-state index in [-0.39, 0.29) is 17.3 Å². The lowest BCUT2D eigenvalue weighted by Gasteiger charge is -2.15. The summed E-state index contributed by atoms with van der Waals surface area (Å²) in [6, 6.07) is 9.24. The Morgan fingerprint density at radius 3 is 2.91 bits per heavy atom. The van der Waals surface area contributed by atoms with Gasteiger partial charge in [0.1, 0.15) is 11.6 Å². The number of hydrogen-bond acceptors (Lipinski definition) is 4. The van der Waals surface area contributed by atoms with Crippen LogP contribution in [0.5, 0.6) is 5.88 Å². The van der Waals surface area contributed by atoms with Gasteiger partial charge in [-0.1, -0.05) is 41.9 Å². The lowest BCUT2D eigenvalue weighted by Crippen LogP contribution is -2.39. The van der Waals surface area contributed by atoms with Crippen LogP contribution in [0.2, 0.25) is 5.02 Å². The van der Waals surface area contributed by atoms with Crippen LogP contribution in [0.25, 0.3) is 0 Å². The highest BCUT2D eigenvalue weighted by molar-refractivity contribution is 6.34. The molecule has 1 unspecified atom stereocenters. The van der Waals surface area contributed by atoms with Crippen LogP contribution >= 0.6 is 11.6 Å². The van der Waals surface area contributed by atoms with Gasteiger partial charge in [-0.15, -0.1) is 0 Å². The molecule has 22 heavy (non-hydrogen) atoms. The van der Waals surface area contributed by atoms with Crippen molar-refractivity contribution in [3.63, 3.8) is 0 Å². The van der Waals surface area contributed by atoms with Gasteiger partial charge in [-0.05, 0) is 12.0 Å². The predicted octanol–water partition coefficient (Wildman–Crippen LogP) is 1.26. The van der Waals surface area contributed by atoms with E-state index in [2.05, 4.69) is 10.4 Å². The number of hydrogen-bond donors (Lipinski definition) is 2. The molecule has 1 aromatic carbocycles. The Balaban J connectivity index is 1.70. The SMILES string of the molecule is O=C(NC(CO)Cc1ccccc1)c1nn2c(c1Cl)OCC2. The molecule has 3 rings (SSSR count). The zero-order chi connectivity index (χ0) is 15.5. The lowest BCUT2D eigenvalue weighted by atomic mass is 10.1. The fourth-order valence-electron chi connectivity index (χ4n) is 2.40. The van der Waals surface area contributed by atoms with Gasteiger partial charge in [0, 0.05) is 0 Å². The van der Waals surface area contributed by atoms with Gasteiger partial charge in [0.05, 0.1) is 19.2 Å². The minimum Gasteiger partial charge on any atom is -0.475 e. The van der Waals surface area contributed by atoms with E-state index in [1.165, 1.54) is 0 Å². The summed E-state index contributed by atoms with van der Waals surface area (Å²) in [5.74, 6) is 0.0147. The molecule has 1 aliphatic heterocycles. The molecule has 0 spiro atoms. The van der Waals surface area contributed by atoms with Crippen LogP contribution < -0.4 is 10.1 Å². The second-order valence-corrected chi connectivity index (χ2v) is 5.46. The lowest BCUT2D eigenvalue weighted by molar-refractivity contribution is 0.0910. The van der Waals surface area contributed by atoms with Crippen LogP contribution in [0.3, 0.4) is 0 Å². The second kappa shape index (κ2) is 6.37. The Morgan fingerprint density at radius 2 is 2.23 bits per heavy atom. The van der Waals surface area contributed by atoms with Gasteiger partial charge in [-0.25, -0.2) is 4.68 Å². The summed E-state index contributed by atoms with van der Waals surface area (Å²) in [6.07, 6.45) is 0.533. The number of carbonyl (C=O) groups excluding carboxylic acids is 1. The number of halogens is 1. The number of benzene rings is 1. The molecule has 1 atom stereocenters. The topological polar surface area (TPSA) is 76.4 Å². The number of aromatic nitrogens is 2. The fourth-order valence-corrected chi connectivity index (χ4v) is 2.68. The molecule has 2 N–H and O–H groups in total. The average molecular weight is 322 g/mol. The predicted molar refractivity (Wildman–Crippen MR) is 81.2 cm³/mol. The Bertz CT molecular complexity index is 672. The molecule has 1 amide bonds. The molecule has 1 aromatic heterocycles. The number of fused-ring (bicyclic) bond motifs is 1. The summed E-state index contributed by atoms with van der Waals surface area (Å²) in [4.78, 5) is 12.3. The molecular weight excluding hydrogens is 306 g/mol. The third-order valence-corrected chi connectivity index (χ3v) is 3.83. The van der Waals surface area contributed by atoms with E-state index in [0.717, 1.165) is 5.56 Å². The molecule has 0 saturated carbocycles. The van der Waals surface area contributed by atoms with E-state index in [4.69, 9.17) is 16.3 Å². The highest BCUT2D eigenvalue weighted by Gasteiger charge is 2.27. The van der Waals surface area contributed by atoms with E-state index in [9.17, 15) is 9.90 Å². The van der Waals surface area contributed by atoms with E-state index in [0.29, 0.717) is 25.5 Å². The molecule has 0 radical (unpaired) electrons. The normalized spacial score (nSPS) is 14.3. The summed E-state index contributed by atoms with van der Waals surface area (Å²) in [6.45, 7) is 0.926. The molecule has 2 heterocycles. The van der Waals surface area contributed by atoms with E-state index in [1.54, 1.807) is 4.68 Å². The Hall–Kier alpha value is -2.05. The van der Waals surface area contributed by atoms with Gasteiger partial charge in [-0.2, -0.15) is 5.10 Å². The smallest absolute Gasteiger partial charge is 0.273 e. The first-order valence-electron chi connectivity index (χ1n) is 7.03. The Kier molecular flexibility index (Phi) is 4.31. The van der Waals surface area contributed by atoms with Crippen molar-refractivity contribution in [2.75, 3.05) is 13.2 Å². The number of aliphatic hydroxyl groups excluding tert-OH is 1. The van der Waals surface area contributed by atoms with Gasteiger partial charge in [0.25, 0.3) is 5.91 Å². The van der Waals surface area contributed by atoms with Gasteiger partial charge < -0.3 is 15.2 Å². The molecule has 2 aromatic rings. The molecule has 1 aliphatic rings. The standard InChI is InChI=1S/C15H16ClN3O3/c16-12-13(18-19-6-7-22-15(12)19)14(21)17-11(9-20)8-10-4-2-1-3-5-10/h1-5,11,20H,6-9H2,(H,17,21). The molecule has 0 bridgehead atoms. The first kappa shape index (κ1) is 14.9. The van der Waals surface area contributed by atoms with Crippen molar-refractivity contribution >= 4 is 17.5 Å². The summed E-state index contributed by atoms with van der Waals surface area (Å²) in [5.41, 5.74) is 1.16. The summed E-state index contributed by atoms with van der Waals surface area (Å²) in [7, 11) is 0. The highest BCUT2D eigenvalue weighted by Crippen LogP contribution is 2.31. The second-order valence-electron chi connectivity index (χ2n) is 5.08. The quantitative estimate of drug-likeness (QED) is 0.869. The van der Waals surface area contributed by atoms with E-state index in [1.807, 2.05) is 30.3 Å². The van der Waals surface area contributed by atoms with Crippen LogP contribution in [-0.2, 0) is 13.0 Å². The maximum absolute atomic E-state index is 12.3. The van der Waals surface area contributed by atoms with Crippen molar-refractivity contribution in [1.29, 1.82) is 0 Å². The van der Waals surface area contributed by atoms with Gasteiger partial charge >= 0.3 is 0 Å². The largest absolute Gasteiger partial charge is 0.475 e. The van der Waals surface area contributed by atoms with Crippen molar-refractivity contribution in [1.82, 2.24) is 15.1 Å². The first-order chi connectivity index (χ1) is 10.7. The average Bonchev–Trinajstić information content (AvgIpc) is 3.11. The zero-order valence-corrected chi connectivity index (χ0v) is 12.6. The summed E-state index contributed by atoms with van der Waals surface area (Å²) < 4.78 is 6.90. The number of carbonyl (C=O) groups is 1. The number of nitrogens with one attached hydrogen (secondary N) is 1. The molecule has 7 heteroatoms. The van der Waals surface area contributed by atoms with E-state index < -0.39 is 11.9 Å². The van der Waals surface area contributed by atoms with E-state index >= 15 is 0 Å². The summed E-state index contributed by atoms with van der Waals surface area (Å²) in [5, 5.41) is 16.6. The van der Waals surface area contributed by atoms with Gasteiger partial charge in [0.2, 0.25) is 5.88 Å². The van der Waals surface area contributed by atoms with Crippen molar-refractivity contribution in [3.05, 3.63) is 46.6 Å². The highest BCUT2D eigenvalue weighted by atomic mass is 35.5. The maximum Gasteiger partial charge on any atom is 0.273 e. The number of rotatable bonds is 5. The minimum atomic E-state index is -0.412. The third kappa shape index (κ3) is 2.93. The van der Waals surface area contributed by atoms with Crippen molar-refractivity contribution in [2.24, 2.45) is 0 Å². The van der Waals surface area contributed by atoms with Crippen molar-refractivity contribution in [3.8, 4) is 5.88 Å². The molecule has 0 aliphatic carbocycles. The Morgan fingerprint density at radius 1 is 1.45 bits per heavy atom. The minimum absolute atomic E-state index is 0.128. The van der Waals surface area contributed by atoms with Crippen LogP contribution in [0.15, 0.2) is 30.3 Å². The van der Waals surface area contributed by atoms with Crippen LogP contribution in [-0.4, -0.2) is 40.0 Å². The van der Waals surface area contributed by atoms with Crippen LogP contribution in [0.1, 0.15) is 16.1 Å². The number of amides is 1. The van der Waals surface area contributed by atoms with Crippen LogP contribution in [0.4, 0.5) is 0 Å². The molecular formula is C15H16ClN3O3. The monoisotopic (exact) mass is 321 g/mol. The van der Waals surface area contributed by atoms with Gasteiger partial charge in [0.15, 0.2) is 5.69 Å². The summed E-state index contributed by atoms with van der Waals surface area (Å²) >= 11 is 6.12. The zero-order valence-electron chi connectivity index (χ0n) is 11.8. The number of ether oxygens (including phenoxy) is 1. The third-order valence-electron chi connectivity index (χ3n) is 3.49. The Labute approximate surface area is 132 Å². The van der Waals surface area contributed by atoms with Crippen LogP contribution in [0, 0.1) is 0 Å². The molecule has 0 fully saturated rings.